The second-order valence-electron chi connectivity index (χ2n) is 10.7. The molecule has 3 saturated carbocycles. The summed E-state index contributed by atoms with van der Waals surface area (Å²) >= 11 is 0. The fourth-order valence-corrected chi connectivity index (χ4v) is 8.50. The summed E-state index contributed by atoms with van der Waals surface area (Å²) in [5.41, 5.74) is 1.89. The molecule has 4 rings (SSSR count). The first-order chi connectivity index (χ1) is 12.3. The molecule has 2 heteroatoms. The monoisotopic (exact) mass is 358 g/mol. The van der Waals surface area contributed by atoms with Gasteiger partial charge in [-0.15, -0.1) is 0 Å². The van der Waals surface area contributed by atoms with E-state index in [1.54, 1.807) is 0 Å². The number of rotatable bonds is 2. The molecule has 0 aromatic carbocycles. The van der Waals surface area contributed by atoms with Crippen LogP contribution in [0.4, 0.5) is 0 Å². The minimum Gasteiger partial charge on any atom is -0.396 e. The molecule has 4 aliphatic rings. The number of aliphatic hydroxyl groups is 1. The standard InChI is InChI=1S/C24H38O2/c1-13-10-20-18-7-6-17-11-21(26)15(3)16(4)23(17)22(18)14(2)12-24(20,5)19(13)8-9-25/h11,13-16,18-20,22-23,25H,6-10,12H2,1-5H3/t13?,14?,15?,16?,18?,19-,20?,22?,23?,24?/m0/s1. The molecule has 0 saturated heterocycles. The van der Waals surface area contributed by atoms with E-state index in [-0.39, 0.29) is 5.92 Å². The Morgan fingerprint density at radius 3 is 2.62 bits per heavy atom. The van der Waals surface area contributed by atoms with Crippen molar-refractivity contribution in [2.75, 3.05) is 6.61 Å². The van der Waals surface area contributed by atoms with Gasteiger partial charge >= 0.3 is 0 Å². The molecule has 10 atom stereocenters. The summed E-state index contributed by atoms with van der Waals surface area (Å²) in [4.78, 5) is 12.4. The molecule has 0 radical (unpaired) electrons. The summed E-state index contributed by atoms with van der Waals surface area (Å²) in [6.45, 7) is 12.3. The summed E-state index contributed by atoms with van der Waals surface area (Å²) in [5.74, 6) is 6.23. The minimum atomic E-state index is 0.188. The number of ketones is 1. The highest BCUT2D eigenvalue weighted by atomic mass is 16.3. The third-order valence-corrected chi connectivity index (χ3v) is 9.62. The van der Waals surface area contributed by atoms with Gasteiger partial charge in [0.05, 0.1) is 0 Å². The van der Waals surface area contributed by atoms with E-state index in [0.717, 1.165) is 42.4 Å². The van der Waals surface area contributed by atoms with Crippen LogP contribution in [0.15, 0.2) is 11.6 Å². The lowest BCUT2D eigenvalue weighted by molar-refractivity contribution is -0.123. The maximum atomic E-state index is 12.4. The highest BCUT2D eigenvalue weighted by molar-refractivity contribution is 5.93. The van der Waals surface area contributed by atoms with Gasteiger partial charge in [-0.2, -0.15) is 0 Å². The van der Waals surface area contributed by atoms with Crippen LogP contribution in [0.5, 0.6) is 0 Å². The van der Waals surface area contributed by atoms with Crippen molar-refractivity contribution < 1.29 is 9.90 Å². The van der Waals surface area contributed by atoms with E-state index >= 15 is 0 Å². The Hall–Kier alpha value is -0.630. The summed E-state index contributed by atoms with van der Waals surface area (Å²) in [5, 5.41) is 9.65. The van der Waals surface area contributed by atoms with Crippen molar-refractivity contribution in [3.05, 3.63) is 11.6 Å². The minimum absolute atomic E-state index is 0.188. The van der Waals surface area contributed by atoms with Crippen LogP contribution in [-0.4, -0.2) is 17.5 Å². The van der Waals surface area contributed by atoms with E-state index in [9.17, 15) is 9.90 Å². The second kappa shape index (κ2) is 6.47. The van der Waals surface area contributed by atoms with E-state index in [1.807, 2.05) is 6.08 Å². The Balaban J connectivity index is 1.69. The third-order valence-electron chi connectivity index (χ3n) is 9.62. The van der Waals surface area contributed by atoms with Crippen molar-refractivity contribution >= 4 is 5.78 Å². The van der Waals surface area contributed by atoms with Crippen LogP contribution in [0, 0.1) is 58.7 Å². The van der Waals surface area contributed by atoms with Gasteiger partial charge in [-0.1, -0.05) is 40.2 Å². The Labute approximate surface area is 159 Å². The number of aliphatic hydroxyl groups excluding tert-OH is 1. The number of carbonyl (C=O) groups excluding carboxylic acids is 1. The van der Waals surface area contributed by atoms with Crippen LogP contribution in [0.2, 0.25) is 0 Å². The SMILES string of the molecule is CC1CC2(C)C(CC(C)[C@@H]2CCO)C2CCC3=CC(=O)C(C)C(C)C3C12. The van der Waals surface area contributed by atoms with Gasteiger partial charge in [0.25, 0.3) is 0 Å². The fraction of sp³-hybridized carbons (Fsp3) is 0.875. The lowest BCUT2D eigenvalue weighted by atomic mass is 9.46. The van der Waals surface area contributed by atoms with Crippen molar-refractivity contribution in [2.24, 2.45) is 58.7 Å². The van der Waals surface area contributed by atoms with E-state index in [4.69, 9.17) is 0 Å². The number of allylic oxidation sites excluding steroid dienone is 1. The van der Waals surface area contributed by atoms with Gasteiger partial charge in [-0.25, -0.2) is 0 Å². The van der Waals surface area contributed by atoms with Crippen molar-refractivity contribution in [3.63, 3.8) is 0 Å². The Kier molecular flexibility index (Phi) is 4.66. The van der Waals surface area contributed by atoms with Gasteiger partial charge in [0.15, 0.2) is 5.78 Å². The molecule has 1 N–H and O–H groups in total. The van der Waals surface area contributed by atoms with Crippen LogP contribution in [0.25, 0.3) is 0 Å². The molecular weight excluding hydrogens is 320 g/mol. The number of carbonyl (C=O) groups is 1. The number of hydrogen-bond donors (Lipinski definition) is 1. The van der Waals surface area contributed by atoms with Crippen LogP contribution < -0.4 is 0 Å². The van der Waals surface area contributed by atoms with E-state index < -0.39 is 0 Å². The van der Waals surface area contributed by atoms with Crippen molar-refractivity contribution in [2.45, 2.75) is 66.7 Å². The van der Waals surface area contributed by atoms with Gasteiger partial charge in [-0.3, -0.25) is 4.79 Å². The zero-order valence-corrected chi connectivity index (χ0v) is 17.4. The van der Waals surface area contributed by atoms with E-state index in [2.05, 4.69) is 34.6 Å². The first kappa shape index (κ1) is 18.7. The van der Waals surface area contributed by atoms with Crippen molar-refractivity contribution in [3.8, 4) is 0 Å². The molecule has 0 amide bonds. The Bertz CT molecular complexity index is 607. The smallest absolute Gasteiger partial charge is 0.158 e. The third kappa shape index (κ3) is 2.50. The fourth-order valence-electron chi connectivity index (χ4n) is 8.50. The molecule has 2 nitrogen and oxygen atoms in total. The summed E-state index contributed by atoms with van der Waals surface area (Å²) < 4.78 is 0. The molecule has 0 bridgehead atoms. The molecule has 3 fully saturated rings. The van der Waals surface area contributed by atoms with Gasteiger partial charge in [-0.05, 0) is 90.9 Å². The van der Waals surface area contributed by atoms with E-state index in [1.165, 1.54) is 24.8 Å². The molecule has 146 valence electrons. The number of hydrogen-bond acceptors (Lipinski definition) is 2. The average Bonchev–Trinajstić information content (AvgIpc) is 2.84. The lowest BCUT2D eigenvalue weighted by Crippen LogP contribution is -2.52. The molecule has 4 aliphatic carbocycles. The molecule has 0 aliphatic heterocycles. The highest BCUT2D eigenvalue weighted by Crippen LogP contribution is 2.67. The second-order valence-corrected chi connectivity index (χ2v) is 10.7. The zero-order valence-electron chi connectivity index (χ0n) is 17.4. The lowest BCUT2D eigenvalue weighted by Gasteiger charge is -2.58. The molecule has 0 heterocycles. The van der Waals surface area contributed by atoms with Crippen LogP contribution in [-0.2, 0) is 4.79 Å². The molecule has 26 heavy (non-hydrogen) atoms. The Morgan fingerprint density at radius 2 is 1.92 bits per heavy atom. The van der Waals surface area contributed by atoms with Crippen LogP contribution in [0.1, 0.15) is 66.7 Å². The van der Waals surface area contributed by atoms with E-state index in [0.29, 0.717) is 35.6 Å². The summed E-state index contributed by atoms with van der Waals surface area (Å²) in [7, 11) is 0. The van der Waals surface area contributed by atoms with Gasteiger partial charge in [0.2, 0.25) is 0 Å². The zero-order chi connectivity index (χ0) is 18.8. The topological polar surface area (TPSA) is 37.3 Å². The van der Waals surface area contributed by atoms with Crippen LogP contribution >= 0.6 is 0 Å². The maximum Gasteiger partial charge on any atom is 0.158 e. The van der Waals surface area contributed by atoms with Crippen LogP contribution in [0.3, 0.4) is 0 Å². The quantitative estimate of drug-likeness (QED) is 0.744. The van der Waals surface area contributed by atoms with Gasteiger partial charge < -0.3 is 5.11 Å². The summed E-state index contributed by atoms with van der Waals surface area (Å²) in [6.07, 6.45) is 8.11. The maximum absolute atomic E-state index is 12.4. The Morgan fingerprint density at radius 1 is 1.19 bits per heavy atom. The molecule has 0 aromatic heterocycles. The summed E-state index contributed by atoms with van der Waals surface area (Å²) in [6, 6.07) is 0. The average molecular weight is 359 g/mol. The molecule has 0 aromatic rings. The van der Waals surface area contributed by atoms with Crippen molar-refractivity contribution in [1.82, 2.24) is 0 Å². The molecule has 0 spiro atoms. The first-order valence-electron chi connectivity index (χ1n) is 11.1. The number of fused-ring (bicyclic) bond motifs is 5. The van der Waals surface area contributed by atoms with Gasteiger partial charge in [0, 0.05) is 12.5 Å². The van der Waals surface area contributed by atoms with Gasteiger partial charge in [0.1, 0.15) is 0 Å². The molecular formula is C24H38O2. The van der Waals surface area contributed by atoms with Crippen molar-refractivity contribution in [1.29, 1.82) is 0 Å². The normalized spacial score (nSPS) is 53.5. The molecule has 9 unspecified atom stereocenters. The first-order valence-corrected chi connectivity index (χ1v) is 11.1. The highest BCUT2D eigenvalue weighted by Gasteiger charge is 2.60. The predicted molar refractivity (Wildman–Crippen MR) is 105 cm³/mol. The predicted octanol–water partition coefficient (Wildman–Crippen LogP) is 5.11. The largest absolute Gasteiger partial charge is 0.396 e.